The standard InChI is InChI=1S/C48H69N15O11S2/c1-26-12-14-28(15-13-26)21-32-44(71)60-33(20-27-8-3-2-4-9-27)43(70)57-31(16-17-37(50)64)42(69)61-34(22-38(51)65)45(72)62-35(25-76-75-24-29(49)40(67)59-32)47(74)63-19-7-11-36(63)46(73)58-30(41(68)56-23-39(52)66)10-5-6-18-55-48(53)54/h2-4,8-9,12-15,29-36H,5-7,10-11,16-25,49H2,1H3,(H2,50,64)(H2,51,65)(H2,52,66)(H,56,68)(H,57,70)(H,58,73)(H,59,67)(H,60,71)(H,61,69)(H,62,72)(H4,53,54,55)/t29-,30+,31-,32?,33?,34-,35?,36-/m0/s1. The Morgan fingerprint density at radius 2 is 1.28 bits per heavy atom. The minimum atomic E-state index is -1.78. The number of hydrogen-bond acceptors (Lipinski definition) is 15. The molecule has 0 radical (unpaired) electrons. The van der Waals surface area contributed by atoms with Crippen LogP contribution in [0.4, 0.5) is 0 Å². The van der Waals surface area contributed by atoms with Gasteiger partial charge in [0.05, 0.1) is 19.0 Å². The maximum absolute atomic E-state index is 14.6. The number of carbonyl (C=O) groups is 11. The second kappa shape index (κ2) is 30.8. The average Bonchev–Trinajstić information content (AvgIpc) is 3.87. The minimum absolute atomic E-state index is 0.0223. The minimum Gasteiger partial charge on any atom is -0.370 e. The summed E-state index contributed by atoms with van der Waals surface area (Å²) in [7, 11) is 2.06. The van der Waals surface area contributed by atoms with Crippen molar-refractivity contribution in [1.82, 2.24) is 42.1 Å². The molecule has 8 atom stereocenters. The number of carbonyl (C=O) groups excluding carboxylic acids is 11. The third-order valence-electron chi connectivity index (χ3n) is 12.1. The van der Waals surface area contributed by atoms with Crippen molar-refractivity contribution in [3.8, 4) is 0 Å². The molecule has 0 aromatic heterocycles. The first-order valence-electron chi connectivity index (χ1n) is 24.5. The molecule has 414 valence electrons. The number of benzene rings is 2. The molecule has 28 heteroatoms. The summed E-state index contributed by atoms with van der Waals surface area (Å²) in [5.41, 5.74) is 35.6. The van der Waals surface area contributed by atoms with Gasteiger partial charge in [-0.15, -0.1) is 0 Å². The van der Waals surface area contributed by atoms with Crippen molar-refractivity contribution in [2.75, 3.05) is 31.1 Å². The van der Waals surface area contributed by atoms with Crippen molar-refractivity contribution < 1.29 is 52.7 Å². The number of unbranched alkanes of at least 4 members (excludes halogenated alkanes) is 1. The SMILES string of the molecule is Cc1ccc(CC2NC(=O)[C@@H](N)CSSCC(C(=O)N3CCC[C@H]3C(=O)N[C@H](CCCCN=C(N)N)C(=O)NCC(N)=O)NC(=O)[C@H](CC(N)=O)NC(=O)[C@H](CCC(N)=O)NC(=O)C(Cc3ccccc3)NC2=O)cc1. The molecular formula is C48H69N15O11S2. The predicted molar refractivity (Wildman–Crippen MR) is 283 cm³/mol. The summed E-state index contributed by atoms with van der Waals surface area (Å²) in [5.74, 6) is -9.98. The number of hydrogen-bond donors (Lipinski definition) is 13. The fourth-order valence-corrected chi connectivity index (χ4v) is 10.3. The zero-order valence-corrected chi connectivity index (χ0v) is 43.7. The van der Waals surface area contributed by atoms with Crippen molar-refractivity contribution in [1.29, 1.82) is 0 Å². The second-order valence-electron chi connectivity index (χ2n) is 18.3. The van der Waals surface area contributed by atoms with Crippen LogP contribution in [0.25, 0.3) is 0 Å². The molecule has 2 aromatic rings. The lowest BCUT2D eigenvalue weighted by Crippen LogP contribution is -2.61. The van der Waals surface area contributed by atoms with Crippen LogP contribution in [0, 0.1) is 6.92 Å². The largest absolute Gasteiger partial charge is 0.370 e. The van der Waals surface area contributed by atoms with Gasteiger partial charge in [0.2, 0.25) is 65.0 Å². The fraction of sp³-hybridized carbons (Fsp3) is 0.500. The highest BCUT2D eigenvalue weighted by Crippen LogP contribution is 2.26. The number of nitrogens with zero attached hydrogens (tertiary/aromatic N) is 2. The first-order valence-corrected chi connectivity index (χ1v) is 27.0. The Bertz CT molecular complexity index is 2430. The van der Waals surface area contributed by atoms with E-state index < -0.39 is 139 Å². The van der Waals surface area contributed by atoms with Crippen LogP contribution in [0.2, 0.25) is 0 Å². The smallest absolute Gasteiger partial charge is 0.246 e. The number of likely N-dealkylation sites (tertiary alicyclic amines) is 1. The van der Waals surface area contributed by atoms with Gasteiger partial charge in [-0.05, 0) is 56.6 Å². The molecule has 11 amide bonds. The van der Waals surface area contributed by atoms with E-state index in [9.17, 15) is 52.7 Å². The molecule has 3 unspecified atom stereocenters. The summed E-state index contributed by atoms with van der Waals surface area (Å²) in [4.78, 5) is 154. The number of nitrogens with one attached hydrogen (secondary N) is 7. The van der Waals surface area contributed by atoms with Gasteiger partial charge >= 0.3 is 0 Å². The fourth-order valence-electron chi connectivity index (χ4n) is 8.06. The lowest BCUT2D eigenvalue weighted by atomic mass is 10.0. The van der Waals surface area contributed by atoms with Gasteiger partial charge in [0, 0.05) is 43.9 Å². The Kier molecular flexibility index (Phi) is 24.8. The Balaban J connectivity index is 1.70. The van der Waals surface area contributed by atoms with E-state index in [2.05, 4.69) is 42.2 Å². The summed E-state index contributed by atoms with van der Waals surface area (Å²) in [5, 5.41) is 18.0. The van der Waals surface area contributed by atoms with Crippen LogP contribution >= 0.6 is 21.6 Å². The highest BCUT2D eigenvalue weighted by Gasteiger charge is 2.40. The molecule has 0 saturated carbocycles. The quantitative estimate of drug-likeness (QED) is 0.0258. The van der Waals surface area contributed by atoms with E-state index >= 15 is 0 Å². The highest BCUT2D eigenvalue weighted by molar-refractivity contribution is 8.76. The van der Waals surface area contributed by atoms with Crippen LogP contribution in [0.3, 0.4) is 0 Å². The summed E-state index contributed by atoms with van der Waals surface area (Å²) in [6.45, 7) is 1.62. The molecule has 2 heterocycles. The van der Waals surface area contributed by atoms with Gasteiger partial charge in [-0.3, -0.25) is 57.7 Å². The van der Waals surface area contributed by atoms with Crippen LogP contribution in [0.15, 0.2) is 59.6 Å². The Morgan fingerprint density at radius 3 is 1.89 bits per heavy atom. The van der Waals surface area contributed by atoms with Gasteiger partial charge in [-0.2, -0.15) is 0 Å². The number of amides is 11. The van der Waals surface area contributed by atoms with E-state index in [0.29, 0.717) is 30.4 Å². The third kappa shape index (κ3) is 20.7. The van der Waals surface area contributed by atoms with E-state index in [-0.39, 0.29) is 56.2 Å². The van der Waals surface area contributed by atoms with Crippen LogP contribution < -0.4 is 71.6 Å². The van der Waals surface area contributed by atoms with E-state index in [1.807, 2.05) is 19.1 Å². The first kappa shape index (κ1) is 61.1. The highest BCUT2D eigenvalue weighted by atomic mass is 33.1. The van der Waals surface area contributed by atoms with Crippen LogP contribution in [0.5, 0.6) is 0 Å². The molecule has 2 aliphatic rings. The van der Waals surface area contributed by atoms with Crippen LogP contribution in [0.1, 0.15) is 68.1 Å². The molecule has 0 bridgehead atoms. The lowest BCUT2D eigenvalue weighted by molar-refractivity contribution is -0.142. The van der Waals surface area contributed by atoms with E-state index in [1.54, 1.807) is 42.5 Å². The first-order chi connectivity index (χ1) is 36.1. The molecule has 2 aromatic carbocycles. The van der Waals surface area contributed by atoms with Crippen molar-refractivity contribution in [3.05, 3.63) is 71.3 Å². The maximum atomic E-state index is 14.6. The van der Waals surface area contributed by atoms with Gasteiger partial charge in [-0.25, -0.2) is 0 Å². The van der Waals surface area contributed by atoms with E-state index in [4.69, 9.17) is 34.4 Å². The molecule has 19 N–H and O–H groups in total. The van der Waals surface area contributed by atoms with Crippen LogP contribution in [-0.2, 0) is 65.6 Å². The Morgan fingerprint density at radius 1 is 0.697 bits per heavy atom. The number of primary amides is 3. The molecular weight excluding hydrogens is 1030 g/mol. The average molecular weight is 1100 g/mol. The second-order valence-corrected chi connectivity index (χ2v) is 20.8. The summed E-state index contributed by atoms with van der Waals surface area (Å²) < 4.78 is 0. The molecule has 76 heavy (non-hydrogen) atoms. The number of rotatable bonds is 20. The van der Waals surface area contributed by atoms with E-state index in [1.165, 1.54) is 4.90 Å². The number of nitrogens with two attached hydrogens (primary N) is 6. The normalized spacial score (nSPS) is 22.5. The molecule has 26 nitrogen and oxygen atoms in total. The molecule has 0 aliphatic carbocycles. The number of aryl methyl sites for hydroxylation is 1. The molecule has 0 spiro atoms. The van der Waals surface area contributed by atoms with Gasteiger partial charge in [0.1, 0.15) is 42.3 Å². The molecule has 2 aliphatic heterocycles. The zero-order chi connectivity index (χ0) is 55.9. The van der Waals surface area contributed by atoms with Gasteiger partial charge < -0.3 is 76.5 Å². The Hall–Kier alpha value is -7.46. The molecule has 2 fully saturated rings. The molecule has 2 saturated heterocycles. The van der Waals surface area contributed by atoms with Crippen molar-refractivity contribution in [2.24, 2.45) is 39.4 Å². The summed E-state index contributed by atoms with van der Waals surface area (Å²) in [6, 6.07) is 4.62. The zero-order valence-electron chi connectivity index (χ0n) is 42.1. The van der Waals surface area contributed by atoms with Crippen molar-refractivity contribution >= 4 is 92.5 Å². The van der Waals surface area contributed by atoms with Gasteiger partial charge in [-0.1, -0.05) is 81.7 Å². The van der Waals surface area contributed by atoms with Crippen LogP contribution in [-0.4, -0.2) is 155 Å². The maximum Gasteiger partial charge on any atom is 0.246 e. The Labute approximate surface area is 447 Å². The lowest BCUT2D eigenvalue weighted by Gasteiger charge is -2.31. The monoisotopic (exact) mass is 1100 g/mol. The summed E-state index contributed by atoms with van der Waals surface area (Å²) >= 11 is 0. The number of aliphatic imine (C=N–C) groups is 1. The third-order valence-corrected chi connectivity index (χ3v) is 14.5. The van der Waals surface area contributed by atoms with Crippen molar-refractivity contribution in [2.45, 2.75) is 119 Å². The topological polar surface area (TPSA) is 444 Å². The van der Waals surface area contributed by atoms with Crippen molar-refractivity contribution in [3.63, 3.8) is 0 Å². The summed E-state index contributed by atoms with van der Waals surface area (Å²) in [6.07, 6.45) is -0.487. The van der Waals surface area contributed by atoms with E-state index in [0.717, 1.165) is 27.2 Å². The van der Waals surface area contributed by atoms with Gasteiger partial charge in [0.25, 0.3) is 0 Å². The molecule has 4 rings (SSSR count). The predicted octanol–water partition coefficient (Wildman–Crippen LogP) is -4.41. The number of guanidine groups is 1. The van der Waals surface area contributed by atoms with Gasteiger partial charge in [0.15, 0.2) is 5.96 Å².